The lowest BCUT2D eigenvalue weighted by molar-refractivity contribution is 0.0487. The van der Waals surface area contributed by atoms with Crippen molar-refractivity contribution >= 4 is 12.0 Å². The molecule has 0 saturated carbocycles. The molecule has 7 heteroatoms. The molecule has 7 nitrogen and oxygen atoms in total. The van der Waals surface area contributed by atoms with Gasteiger partial charge in [0.2, 0.25) is 0 Å². The summed E-state index contributed by atoms with van der Waals surface area (Å²) in [6, 6.07) is 7.28. The Morgan fingerprint density at radius 2 is 1.90 bits per heavy atom. The number of nitrogens with one attached hydrogen (secondary N) is 2. The van der Waals surface area contributed by atoms with Gasteiger partial charge in [0.1, 0.15) is 11.4 Å². The highest BCUT2D eigenvalue weighted by Gasteiger charge is 2.23. The van der Waals surface area contributed by atoms with Crippen LogP contribution in [0.25, 0.3) is 5.82 Å². The van der Waals surface area contributed by atoms with Crippen molar-refractivity contribution in [3.05, 3.63) is 47.4 Å². The highest BCUT2D eigenvalue weighted by atomic mass is 16.6. The van der Waals surface area contributed by atoms with Crippen molar-refractivity contribution in [2.24, 2.45) is 5.92 Å². The van der Waals surface area contributed by atoms with Crippen molar-refractivity contribution in [1.82, 2.24) is 20.2 Å². The molecule has 2 N–H and O–H groups in total. The van der Waals surface area contributed by atoms with Crippen LogP contribution in [0, 0.1) is 19.8 Å². The average Bonchev–Trinajstić information content (AvgIpc) is 2.91. The fraction of sp³-hybridized carbons (Fsp3) is 0.500. The first-order valence-electron chi connectivity index (χ1n) is 9.87. The Labute approximate surface area is 172 Å². The van der Waals surface area contributed by atoms with Crippen molar-refractivity contribution in [3.63, 3.8) is 0 Å². The van der Waals surface area contributed by atoms with Gasteiger partial charge < -0.3 is 19.9 Å². The minimum Gasteiger partial charge on any atom is -0.444 e. The van der Waals surface area contributed by atoms with Gasteiger partial charge in [-0.1, -0.05) is 19.9 Å². The fourth-order valence-corrected chi connectivity index (χ4v) is 3.04. The maximum Gasteiger partial charge on any atom is 0.407 e. The second kappa shape index (κ2) is 9.11. The molecule has 158 valence electrons. The molecule has 2 heterocycles. The molecule has 2 rings (SSSR count). The van der Waals surface area contributed by atoms with E-state index in [1.165, 1.54) is 0 Å². The van der Waals surface area contributed by atoms with Gasteiger partial charge in [0.05, 0.1) is 11.6 Å². The Morgan fingerprint density at radius 1 is 1.21 bits per heavy atom. The number of aryl methyl sites for hydroxylation is 1. The monoisotopic (exact) mass is 400 g/mol. The fourth-order valence-electron chi connectivity index (χ4n) is 3.04. The number of hydrogen-bond donors (Lipinski definition) is 2. The first-order chi connectivity index (χ1) is 13.5. The topological polar surface area (TPSA) is 85.3 Å². The molecule has 0 aliphatic heterocycles. The van der Waals surface area contributed by atoms with E-state index in [1.807, 2.05) is 77.3 Å². The molecule has 0 bridgehead atoms. The first-order valence-corrected chi connectivity index (χ1v) is 9.87. The van der Waals surface area contributed by atoms with Crippen LogP contribution < -0.4 is 10.6 Å². The van der Waals surface area contributed by atoms with Crippen LogP contribution in [0.4, 0.5) is 4.79 Å². The number of carbonyl (C=O) groups is 2. The van der Waals surface area contributed by atoms with Gasteiger partial charge in [-0.15, -0.1) is 0 Å². The van der Waals surface area contributed by atoms with E-state index in [-0.39, 0.29) is 17.9 Å². The van der Waals surface area contributed by atoms with Crippen LogP contribution in [0.5, 0.6) is 0 Å². The molecule has 0 saturated heterocycles. The smallest absolute Gasteiger partial charge is 0.407 e. The summed E-state index contributed by atoms with van der Waals surface area (Å²) < 4.78 is 7.28. The van der Waals surface area contributed by atoms with Crippen LogP contribution in [0.2, 0.25) is 0 Å². The number of ether oxygens (including phenoxy) is 1. The molecule has 0 aliphatic rings. The standard InChI is InChI=1S/C22H32N4O3/c1-14(2)18(25-21(28)29-22(5,6)7)13-24-20(27)17-12-15(3)26(16(17)4)19-10-8-9-11-23-19/h8-12,14,18H,13H2,1-7H3,(H,24,27)(H,25,28). The third-order valence-electron chi connectivity index (χ3n) is 4.54. The van der Waals surface area contributed by atoms with Gasteiger partial charge in [-0.3, -0.25) is 4.79 Å². The predicted octanol–water partition coefficient (Wildman–Crippen LogP) is 3.77. The zero-order valence-corrected chi connectivity index (χ0v) is 18.4. The Bertz CT molecular complexity index is 851. The Balaban J connectivity index is 2.08. The third-order valence-corrected chi connectivity index (χ3v) is 4.54. The normalized spacial score (nSPS) is 12.6. The second-order valence-corrected chi connectivity index (χ2v) is 8.51. The van der Waals surface area contributed by atoms with Crippen LogP contribution in [-0.2, 0) is 4.74 Å². The molecule has 2 aromatic heterocycles. The predicted molar refractivity (Wildman–Crippen MR) is 113 cm³/mol. The second-order valence-electron chi connectivity index (χ2n) is 8.51. The molecule has 1 unspecified atom stereocenters. The third kappa shape index (κ3) is 6.07. The lowest BCUT2D eigenvalue weighted by Crippen LogP contribution is -2.48. The van der Waals surface area contributed by atoms with Gasteiger partial charge in [-0.2, -0.15) is 0 Å². The van der Waals surface area contributed by atoms with Gasteiger partial charge in [0, 0.05) is 24.1 Å². The van der Waals surface area contributed by atoms with Gasteiger partial charge in [-0.25, -0.2) is 9.78 Å². The van der Waals surface area contributed by atoms with Gasteiger partial charge in [0.15, 0.2) is 0 Å². The summed E-state index contributed by atoms with van der Waals surface area (Å²) in [5.41, 5.74) is 1.77. The van der Waals surface area contributed by atoms with E-state index in [1.54, 1.807) is 6.20 Å². The molecular weight excluding hydrogens is 368 g/mol. The van der Waals surface area contributed by atoms with Crippen LogP contribution in [-0.4, -0.2) is 39.7 Å². The summed E-state index contributed by atoms with van der Waals surface area (Å²) in [5, 5.41) is 5.78. The van der Waals surface area contributed by atoms with E-state index in [4.69, 9.17) is 4.74 Å². The molecule has 29 heavy (non-hydrogen) atoms. The first kappa shape index (κ1) is 22.5. The Morgan fingerprint density at radius 3 is 2.45 bits per heavy atom. The van der Waals surface area contributed by atoms with E-state index in [0.29, 0.717) is 12.1 Å². The number of hydrogen-bond acceptors (Lipinski definition) is 4. The van der Waals surface area contributed by atoms with Crippen LogP contribution in [0.1, 0.15) is 56.4 Å². The summed E-state index contributed by atoms with van der Waals surface area (Å²) in [6.45, 7) is 13.6. The Kier molecular flexibility index (Phi) is 7.06. The van der Waals surface area contributed by atoms with Crippen LogP contribution >= 0.6 is 0 Å². The van der Waals surface area contributed by atoms with E-state index in [2.05, 4.69) is 15.6 Å². The number of amides is 2. The highest BCUT2D eigenvalue weighted by molar-refractivity contribution is 5.96. The summed E-state index contributed by atoms with van der Waals surface area (Å²) >= 11 is 0. The maximum atomic E-state index is 12.8. The zero-order chi connectivity index (χ0) is 21.8. The SMILES string of the molecule is Cc1cc(C(=O)NCC(NC(=O)OC(C)(C)C)C(C)C)c(C)n1-c1ccccn1. The van der Waals surface area contributed by atoms with E-state index >= 15 is 0 Å². The quantitative estimate of drug-likeness (QED) is 0.773. The molecule has 0 spiro atoms. The van der Waals surface area contributed by atoms with Crippen LogP contribution in [0.3, 0.4) is 0 Å². The van der Waals surface area contributed by atoms with Crippen molar-refractivity contribution < 1.29 is 14.3 Å². The lowest BCUT2D eigenvalue weighted by atomic mass is 10.0. The summed E-state index contributed by atoms with van der Waals surface area (Å²) in [7, 11) is 0. The van der Waals surface area contributed by atoms with Crippen molar-refractivity contribution in [3.8, 4) is 5.82 Å². The lowest BCUT2D eigenvalue weighted by Gasteiger charge is -2.26. The number of aromatic nitrogens is 2. The van der Waals surface area contributed by atoms with Crippen molar-refractivity contribution in [2.45, 2.75) is 60.1 Å². The summed E-state index contributed by atoms with van der Waals surface area (Å²) in [5.74, 6) is 0.717. The summed E-state index contributed by atoms with van der Waals surface area (Å²) in [4.78, 5) is 29.3. The summed E-state index contributed by atoms with van der Waals surface area (Å²) in [6.07, 6.45) is 1.24. The number of nitrogens with zero attached hydrogens (tertiary/aromatic N) is 2. The minimum atomic E-state index is -0.572. The average molecular weight is 401 g/mol. The molecule has 1 atom stereocenters. The number of pyridine rings is 1. The molecule has 0 aliphatic carbocycles. The van der Waals surface area contributed by atoms with E-state index in [9.17, 15) is 9.59 Å². The molecule has 0 aromatic carbocycles. The zero-order valence-electron chi connectivity index (χ0n) is 18.4. The number of carbonyl (C=O) groups excluding carboxylic acids is 2. The van der Waals surface area contributed by atoms with Gasteiger partial charge >= 0.3 is 6.09 Å². The maximum absolute atomic E-state index is 12.8. The molecule has 0 radical (unpaired) electrons. The Hall–Kier alpha value is -2.83. The van der Waals surface area contributed by atoms with Crippen molar-refractivity contribution in [2.75, 3.05) is 6.54 Å². The molecular formula is C22H32N4O3. The van der Waals surface area contributed by atoms with E-state index in [0.717, 1.165) is 17.2 Å². The van der Waals surface area contributed by atoms with Gasteiger partial charge in [0.25, 0.3) is 5.91 Å². The largest absolute Gasteiger partial charge is 0.444 e. The van der Waals surface area contributed by atoms with Crippen molar-refractivity contribution in [1.29, 1.82) is 0 Å². The molecule has 0 fully saturated rings. The van der Waals surface area contributed by atoms with Crippen LogP contribution in [0.15, 0.2) is 30.5 Å². The molecule has 2 amide bonds. The minimum absolute atomic E-state index is 0.128. The highest BCUT2D eigenvalue weighted by Crippen LogP contribution is 2.19. The number of alkyl carbamates (subject to hydrolysis) is 1. The molecule has 2 aromatic rings. The number of rotatable bonds is 6. The van der Waals surface area contributed by atoms with E-state index < -0.39 is 11.7 Å². The van der Waals surface area contributed by atoms with Gasteiger partial charge in [-0.05, 0) is 58.7 Å².